The summed E-state index contributed by atoms with van der Waals surface area (Å²) in [4.78, 5) is 2.13. The predicted octanol–water partition coefficient (Wildman–Crippen LogP) is 5.34. The van der Waals surface area contributed by atoms with Gasteiger partial charge in [0.25, 0.3) is 0 Å². The van der Waals surface area contributed by atoms with E-state index in [0.717, 1.165) is 17.1 Å². The Morgan fingerprint density at radius 1 is 1.05 bits per heavy atom. The van der Waals surface area contributed by atoms with E-state index < -0.39 is 0 Å². The lowest BCUT2D eigenvalue weighted by atomic mass is 10.1. The van der Waals surface area contributed by atoms with E-state index in [9.17, 15) is 0 Å². The van der Waals surface area contributed by atoms with Gasteiger partial charge in [-0.3, -0.25) is 0 Å². The molecule has 0 aliphatic heterocycles. The largest absolute Gasteiger partial charge is 0.311 e. The van der Waals surface area contributed by atoms with Crippen LogP contribution >= 0.6 is 0 Å². The smallest absolute Gasteiger partial charge is 0.0991 e. The standard InChI is InChI=1S/C20H18N2/c1-3-8-18(9-4-2)22(19-10-6-5-7-11-19)20-14-12-17(16-21)13-15-20/h3-15H,1H2,2H3/b9-4-,18-8+. The van der Waals surface area contributed by atoms with Crippen molar-refractivity contribution < 1.29 is 0 Å². The lowest BCUT2D eigenvalue weighted by Crippen LogP contribution is -2.15. The highest BCUT2D eigenvalue weighted by atomic mass is 15.1. The molecule has 2 rings (SSSR count). The molecule has 0 spiro atoms. The molecule has 0 fully saturated rings. The van der Waals surface area contributed by atoms with Gasteiger partial charge in [0.2, 0.25) is 0 Å². The van der Waals surface area contributed by atoms with Gasteiger partial charge in [0, 0.05) is 17.1 Å². The average molecular weight is 286 g/mol. The van der Waals surface area contributed by atoms with E-state index in [4.69, 9.17) is 5.26 Å². The summed E-state index contributed by atoms with van der Waals surface area (Å²) in [5.41, 5.74) is 3.71. The quantitative estimate of drug-likeness (QED) is 0.693. The maximum Gasteiger partial charge on any atom is 0.0991 e. The van der Waals surface area contributed by atoms with Crippen LogP contribution < -0.4 is 4.90 Å². The van der Waals surface area contributed by atoms with Crippen LogP contribution in [0.1, 0.15) is 12.5 Å². The Morgan fingerprint density at radius 3 is 2.23 bits per heavy atom. The third kappa shape index (κ3) is 3.53. The summed E-state index contributed by atoms with van der Waals surface area (Å²) in [6.07, 6.45) is 7.77. The summed E-state index contributed by atoms with van der Waals surface area (Å²) in [5.74, 6) is 0. The first-order valence-electron chi connectivity index (χ1n) is 7.11. The highest BCUT2D eigenvalue weighted by Crippen LogP contribution is 2.30. The van der Waals surface area contributed by atoms with Crippen LogP contribution in [-0.2, 0) is 0 Å². The Kier molecular flexibility index (Phi) is 5.34. The fourth-order valence-corrected chi connectivity index (χ4v) is 2.21. The number of allylic oxidation sites excluding steroid dienone is 4. The van der Waals surface area contributed by atoms with Crippen LogP contribution in [-0.4, -0.2) is 0 Å². The summed E-state index contributed by atoms with van der Waals surface area (Å²) in [6.45, 7) is 5.78. The molecule has 2 aromatic rings. The fourth-order valence-electron chi connectivity index (χ4n) is 2.21. The van der Waals surface area contributed by atoms with Crippen molar-refractivity contribution in [2.24, 2.45) is 0 Å². The van der Waals surface area contributed by atoms with Gasteiger partial charge in [0.05, 0.1) is 11.6 Å². The molecule has 0 aliphatic rings. The second-order valence-electron chi connectivity index (χ2n) is 4.66. The molecule has 22 heavy (non-hydrogen) atoms. The topological polar surface area (TPSA) is 27.0 Å². The Bertz CT molecular complexity index is 717. The van der Waals surface area contributed by atoms with Crippen LogP contribution in [0.5, 0.6) is 0 Å². The second-order valence-corrected chi connectivity index (χ2v) is 4.66. The number of benzene rings is 2. The van der Waals surface area contributed by atoms with Gasteiger partial charge in [-0.15, -0.1) is 0 Å². The zero-order valence-electron chi connectivity index (χ0n) is 12.6. The van der Waals surface area contributed by atoms with E-state index in [1.165, 1.54) is 0 Å². The van der Waals surface area contributed by atoms with Gasteiger partial charge in [-0.25, -0.2) is 0 Å². The summed E-state index contributed by atoms with van der Waals surface area (Å²) in [5, 5.41) is 8.96. The molecule has 0 N–H and O–H groups in total. The highest BCUT2D eigenvalue weighted by Gasteiger charge is 2.12. The summed E-state index contributed by atoms with van der Waals surface area (Å²) >= 11 is 0. The van der Waals surface area contributed by atoms with E-state index >= 15 is 0 Å². The van der Waals surface area contributed by atoms with E-state index in [2.05, 4.69) is 29.7 Å². The number of anilines is 2. The molecule has 0 amide bonds. The number of hydrogen-bond donors (Lipinski definition) is 0. The van der Waals surface area contributed by atoms with Gasteiger partial charge in [0.15, 0.2) is 0 Å². The molecule has 0 heterocycles. The van der Waals surface area contributed by atoms with Gasteiger partial charge >= 0.3 is 0 Å². The van der Waals surface area contributed by atoms with E-state index in [-0.39, 0.29) is 0 Å². The molecule has 0 aliphatic carbocycles. The second kappa shape index (κ2) is 7.66. The van der Waals surface area contributed by atoms with Crippen molar-refractivity contribution in [2.75, 3.05) is 4.90 Å². The molecular formula is C20H18N2. The molecule has 0 saturated carbocycles. The van der Waals surface area contributed by atoms with Gasteiger partial charge in [0.1, 0.15) is 0 Å². The molecule has 2 nitrogen and oxygen atoms in total. The van der Waals surface area contributed by atoms with Crippen LogP contribution in [0.4, 0.5) is 11.4 Å². The van der Waals surface area contributed by atoms with Crippen LogP contribution in [0.3, 0.4) is 0 Å². The van der Waals surface area contributed by atoms with Crippen molar-refractivity contribution in [3.8, 4) is 6.07 Å². The van der Waals surface area contributed by atoms with Crippen molar-refractivity contribution >= 4 is 11.4 Å². The first kappa shape index (κ1) is 15.3. The van der Waals surface area contributed by atoms with E-state index in [1.807, 2.05) is 67.6 Å². The number of nitrogens with zero attached hydrogens (tertiary/aromatic N) is 2. The number of hydrogen-bond acceptors (Lipinski definition) is 2. The van der Waals surface area contributed by atoms with Crippen LogP contribution in [0, 0.1) is 11.3 Å². The molecule has 0 saturated heterocycles. The SMILES string of the molecule is C=C/C=C(\C=C/C)N(c1ccccc1)c1ccc(C#N)cc1. The third-order valence-electron chi connectivity index (χ3n) is 3.15. The first-order chi connectivity index (χ1) is 10.8. The van der Waals surface area contributed by atoms with Crippen molar-refractivity contribution in [3.05, 3.63) is 96.7 Å². The van der Waals surface area contributed by atoms with Gasteiger partial charge in [-0.05, 0) is 55.5 Å². The number of nitriles is 1. The highest BCUT2D eigenvalue weighted by molar-refractivity contribution is 5.70. The average Bonchev–Trinajstić information content (AvgIpc) is 2.57. The van der Waals surface area contributed by atoms with Crippen molar-refractivity contribution in [1.29, 1.82) is 5.26 Å². The Morgan fingerprint density at radius 2 is 1.68 bits per heavy atom. The maximum absolute atomic E-state index is 8.96. The molecule has 0 aromatic heterocycles. The lowest BCUT2D eigenvalue weighted by molar-refractivity contribution is 1.20. The molecule has 2 heteroatoms. The van der Waals surface area contributed by atoms with Gasteiger partial charge < -0.3 is 4.90 Å². The molecule has 108 valence electrons. The van der Waals surface area contributed by atoms with Crippen LogP contribution in [0.15, 0.2) is 91.2 Å². The monoisotopic (exact) mass is 286 g/mol. The van der Waals surface area contributed by atoms with Crippen molar-refractivity contribution in [1.82, 2.24) is 0 Å². The number of para-hydroxylation sites is 1. The van der Waals surface area contributed by atoms with Gasteiger partial charge in [-0.2, -0.15) is 5.26 Å². The molecular weight excluding hydrogens is 268 g/mol. The van der Waals surface area contributed by atoms with Crippen LogP contribution in [0.2, 0.25) is 0 Å². The zero-order valence-corrected chi connectivity index (χ0v) is 12.6. The number of rotatable bonds is 5. The predicted molar refractivity (Wildman–Crippen MR) is 92.8 cm³/mol. The van der Waals surface area contributed by atoms with E-state index in [0.29, 0.717) is 5.56 Å². The minimum absolute atomic E-state index is 0.650. The maximum atomic E-state index is 8.96. The third-order valence-corrected chi connectivity index (χ3v) is 3.15. The Balaban J connectivity index is 2.56. The minimum atomic E-state index is 0.650. The Labute approximate surface area is 131 Å². The normalized spacial score (nSPS) is 11.2. The summed E-state index contributed by atoms with van der Waals surface area (Å²) < 4.78 is 0. The molecule has 2 aromatic carbocycles. The van der Waals surface area contributed by atoms with Gasteiger partial charge in [-0.1, -0.05) is 36.9 Å². The Hall–Kier alpha value is -3.05. The van der Waals surface area contributed by atoms with E-state index in [1.54, 1.807) is 6.08 Å². The van der Waals surface area contributed by atoms with Crippen molar-refractivity contribution in [2.45, 2.75) is 6.92 Å². The summed E-state index contributed by atoms with van der Waals surface area (Å²) in [7, 11) is 0. The fraction of sp³-hybridized carbons (Fsp3) is 0.0500. The lowest BCUT2D eigenvalue weighted by Gasteiger charge is -2.26. The molecule has 0 radical (unpaired) electrons. The molecule has 0 bridgehead atoms. The zero-order chi connectivity index (χ0) is 15.8. The molecule has 0 atom stereocenters. The molecule has 0 unspecified atom stereocenters. The summed E-state index contributed by atoms with van der Waals surface area (Å²) in [6, 6.07) is 19.8. The minimum Gasteiger partial charge on any atom is -0.311 e. The van der Waals surface area contributed by atoms with Crippen molar-refractivity contribution in [3.63, 3.8) is 0 Å². The first-order valence-corrected chi connectivity index (χ1v) is 7.11. The van der Waals surface area contributed by atoms with Crippen LogP contribution in [0.25, 0.3) is 0 Å².